The number of nitrogens with one attached hydrogen (secondary N) is 1. The Morgan fingerprint density at radius 1 is 1.29 bits per heavy atom. The molecular formula is C17H25NO3. The van der Waals surface area contributed by atoms with Gasteiger partial charge in [-0.1, -0.05) is 12.1 Å². The van der Waals surface area contributed by atoms with Crippen LogP contribution < -0.4 is 14.8 Å². The van der Waals surface area contributed by atoms with E-state index in [0.29, 0.717) is 12.7 Å². The highest BCUT2D eigenvalue weighted by Gasteiger charge is 2.32. The third-order valence-corrected chi connectivity index (χ3v) is 4.11. The minimum atomic E-state index is -0.135. The molecule has 1 aromatic rings. The van der Waals surface area contributed by atoms with Crippen LogP contribution in [0.1, 0.15) is 32.3 Å². The van der Waals surface area contributed by atoms with Gasteiger partial charge >= 0.3 is 0 Å². The van der Waals surface area contributed by atoms with Crippen LogP contribution >= 0.6 is 0 Å². The van der Waals surface area contributed by atoms with Crippen LogP contribution in [0.5, 0.6) is 11.5 Å². The Hall–Kier alpha value is -1.26. The van der Waals surface area contributed by atoms with E-state index >= 15 is 0 Å². The first kappa shape index (κ1) is 14.7. The zero-order valence-electron chi connectivity index (χ0n) is 13.1. The van der Waals surface area contributed by atoms with E-state index in [4.69, 9.17) is 14.2 Å². The summed E-state index contributed by atoms with van der Waals surface area (Å²) in [6.07, 6.45) is 3.61. The van der Waals surface area contributed by atoms with Gasteiger partial charge in [-0.15, -0.1) is 0 Å². The van der Waals surface area contributed by atoms with Crippen LogP contribution in [0, 0.1) is 0 Å². The second kappa shape index (κ2) is 5.85. The van der Waals surface area contributed by atoms with Gasteiger partial charge in [-0.05, 0) is 39.8 Å². The molecule has 0 spiro atoms. The average Bonchev–Trinajstić information content (AvgIpc) is 2.99. The summed E-state index contributed by atoms with van der Waals surface area (Å²) in [6.45, 7) is 5.73. The molecule has 0 aliphatic carbocycles. The molecule has 0 saturated carbocycles. The Bertz CT molecular complexity index is 501. The molecule has 1 saturated heterocycles. The fourth-order valence-electron chi connectivity index (χ4n) is 3.16. The van der Waals surface area contributed by atoms with Crippen molar-refractivity contribution in [3.63, 3.8) is 0 Å². The fraction of sp³-hybridized carbons (Fsp3) is 0.647. The summed E-state index contributed by atoms with van der Waals surface area (Å²) in [6, 6.07) is 6.14. The Kier molecular flexibility index (Phi) is 4.09. The number of benzene rings is 1. The van der Waals surface area contributed by atoms with Crippen molar-refractivity contribution >= 4 is 0 Å². The number of hydrogen-bond acceptors (Lipinski definition) is 4. The summed E-state index contributed by atoms with van der Waals surface area (Å²) in [5, 5.41) is 3.16. The van der Waals surface area contributed by atoms with E-state index in [1.54, 1.807) is 0 Å². The minimum Gasteiger partial charge on any atom is -0.487 e. The van der Waals surface area contributed by atoms with Gasteiger partial charge in [0.05, 0.1) is 12.2 Å². The zero-order chi connectivity index (χ0) is 14.9. The first-order valence-corrected chi connectivity index (χ1v) is 7.81. The summed E-state index contributed by atoms with van der Waals surface area (Å²) in [4.78, 5) is 0. The Labute approximate surface area is 126 Å². The SMILES string of the molecule is CNCC1CCC(COc2cccc3c2OC(C)(C)C3)O1. The lowest BCUT2D eigenvalue weighted by Gasteiger charge is -2.19. The number of rotatable bonds is 5. The largest absolute Gasteiger partial charge is 0.487 e. The number of hydrogen-bond donors (Lipinski definition) is 1. The molecule has 0 radical (unpaired) electrons. The van der Waals surface area contributed by atoms with E-state index in [-0.39, 0.29) is 11.7 Å². The molecule has 2 aliphatic heterocycles. The summed E-state index contributed by atoms with van der Waals surface area (Å²) >= 11 is 0. The second-order valence-electron chi connectivity index (χ2n) is 6.61. The maximum Gasteiger partial charge on any atom is 0.165 e. The molecule has 2 atom stereocenters. The molecule has 0 bridgehead atoms. The van der Waals surface area contributed by atoms with Gasteiger partial charge in [0.25, 0.3) is 0 Å². The molecule has 1 N–H and O–H groups in total. The van der Waals surface area contributed by atoms with Crippen molar-refractivity contribution in [2.75, 3.05) is 20.2 Å². The predicted molar refractivity (Wildman–Crippen MR) is 82.2 cm³/mol. The van der Waals surface area contributed by atoms with Gasteiger partial charge in [-0.3, -0.25) is 0 Å². The molecule has 2 unspecified atom stereocenters. The molecule has 4 nitrogen and oxygen atoms in total. The average molecular weight is 291 g/mol. The normalized spacial score (nSPS) is 26.4. The number of para-hydroxylation sites is 1. The van der Waals surface area contributed by atoms with E-state index in [1.807, 2.05) is 19.2 Å². The van der Waals surface area contributed by atoms with E-state index < -0.39 is 0 Å². The standard InChI is InChI=1S/C17H25NO3/c1-17(2)9-12-5-4-6-15(16(12)21-17)19-11-14-8-7-13(20-14)10-18-3/h4-6,13-14,18H,7-11H2,1-3H3. The molecule has 3 rings (SSSR count). The number of fused-ring (bicyclic) bond motifs is 1. The summed E-state index contributed by atoms with van der Waals surface area (Å²) < 4.78 is 18.0. The van der Waals surface area contributed by atoms with Crippen LogP contribution in [0.2, 0.25) is 0 Å². The highest BCUT2D eigenvalue weighted by Crippen LogP contribution is 2.41. The monoisotopic (exact) mass is 291 g/mol. The lowest BCUT2D eigenvalue weighted by Crippen LogP contribution is -2.26. The van der Waals surface area contributed by atoms with Crippen LogP contribution in [-0.2, 0) is 11.2 Å². The minimum absolute atomic E-state index is 0.135. The zero-order valence-corrected chi connectivity index (χ0v) is 13.1. The van der Waals surface area contributed by atoms with Gasteiger partial charge < -0.3 is 19.5 Å². The van der Waals surface area contributed by atoms with Crippen LogP contribution in [0.4, 0.5) is 0 Å². The number of ether oxygens (including phenoxy) is 3. The van der Waals surface area contributed by atoms with E-state index in [0.717, 1.165) is 37.3 Å². The van der Waals surface area contributed by atoms with Crippen molar-refractivity contribution in [3.8, 4) is 11.5 Å². The molecule has 0 aromatic heterocycles. The molecule has 1 aromatic carbocycles. The van der Waals surface area contributed by atoms with Gasteiger partial charge in [0.15, 0.2) is 11.5 Å². The lowest BCUT2D eigenvalue weighted by molar-refractivity contribution is 0.0182. The third kappa shape index (κ3) is 3.33. The molecule has 2 heterocycles. The topological polar surface area (TPSA) is 39.7 Å². The highest BCUT2D eigenvalue weighted by molar-refractivity contribution is 5.50. The fourth-order valence-corrected chi connectivity index (χ4v) is 3.16. The van der Waals surface area contributed by atoms with E-state index in [1.165, 1.54) is 5.56 Å². The van der Waals surface area contributed by atoms with Crippen LogP contribution in [-0.4, -0.2) is 38.0 Å². The first-order valence-electron chi connectivity index (χ1n) is 7.81. The van der Waals surface area contributed by atoms with Crippen molar-refractivity contribution in [1.82, 2.24) is 5.32 Å². The number of likely N-dealkylation sites (N-methyl/N-ethyl adjacent to an activating group) is 1. The Morgan fingerprint density at radius 3 is 2.90 bits per heavy atom. The third-order valence-electron chi connectivity index (χ3n) is 4.11. The Balaban J connectivity index is 1.59. The maximum atomic E-state index is 6.02. The molecule has 21 heavy (non-hydrogen) atoms. The van der Waals surface area contributed by atoms with Gasteiger partial charge in [-0.2, -0.15) is 0 Å². The van der Waals surface area contributed by atoms with Crippen molar-refractivity contribution in [2.45, 2.75) is 50.9 Å². The summed E-state index contributed by atoms with van der Waals surface area (Å²) in [5.41, 5.74) is 1.10. The van der Waals surface area contributed by atoms with Crippen molar-refractivity contribution in [2.24, 2.45) is 0 Å². The molecule has 116 valence electrons. The molecule has 0 amide bonds. The van der Waals surface area contributed by atoms with Gasteiger partial charge in [0.1, 0.15) is 12.2 Å². The molecule has 1 fully saturated rings. The van der Waals surface area contributed by atoms with Crippen LogP contribution in [0.25, 0.3) is 0 Å². The molecule has 2 aliphatic rings. The van der Waals surface area contributed by atoms with Gasteiger partial charge in [-0.25, -0.2) is 0 Å². The smallest absolute Gasteiger partial charge is 0.165 e. The quantitative estimate of drug-likeness (QED) is 0.905. The predicted octanol–water partition coefficient (Wildman–Crippen LogP) is 2.55. The van der Waals surface area contributed by atoms with Crippen LogP contribution in [0.15, 0.2) is 18.2 Å². The second-order valence-corrected chi connectivity index (χ2v) is 6.61. The highest BCUT2D eigenvalue weighted by atomic mass is 16.6. The summed E-state index contributed by atoms with van der Waals surface area (Å²) in [5.74, 6) is 1.76. The van der Waals surface area contributed by atoms with Crippen molar-refractivity contribution in [1.29, 1.82) is 0 Å². The van der Waals surface area contributed by atoms with Gasteiger partial charge in [0, 0.05) is 18.5 Å². The lowest BCUT2D eigenvalue weighted by atomic mass is 10.0. The van der Waals surface area contributed by atoms with E-state index in [2.05, 4.69) is 25.2 Å². The first-order chi connectivity index (χ1) is 10.1. The van der Waals surface area contributed by atoms with E-state index in [9.17, 15) is 0 Å². The molecular weight excluding hydrogens is 266 g/mol. The Morgan fingerprint density at radius 2 is 2.10 bits per heavy atom. The maximum absolute atomic E-state index is 6.02. The van der Waals surface area contributed by atoms with Crippen molar-refractivity contribution < 1.29 is 14.2 Å². The van der Waals surface area contributed by atoms with Crippen molar-refractivity contribution in [3.05, 3.63) is 23.8 Å². The molecule has 4 heteroatoms. The van der Waals surface area contributed by atoms with Gasteiger partial charge in [0.2, 0.25) is 0 Å². The van der Waals surface area contributed by atoms with Crippen LogP contribution in [0.3, 0.4) is 0 Å². The summed E-state index contributed by atoms with van der Waals surface area (Å²) in [7, 11) is 1.96.